The Morgan fingerprint density at radius 1 is 0.414 bits per heavy atom. The summed E-state index contributed by atoms with van der Waals surface area (Å²) in [7, 11) is 0. The Morgan fingerprint density at radius 2 is 0.845 bits per heavy atom. The molecule has 0 amide bonds. The average Bonchev–Trinajstić information content (AvgIpc) is 3.45. The topological polar surface area (TPSA) is 3.24 Å². The molecule has 0 spiro atoms. The van der Waals surface area contributed by atoms with Crippen LogP contribution in [-0.4, -0.2) is 0 Å². The van der Waals surface area contributed by atoms with Crippen LogP contribution in [-0.2, 0) is 16.2 Å². The largest absolute Gasteiger partial charge is 0.310 e. The number of benzene rings is 5. The second kappa shape index (κ2) is 18.9. The Hall–Kier alpha value is -4.10. The Morgan fingerprint density at radius 3 is 1.36 bits per heavy atom. The van der Waals surface area contributed by atoms with Crippen molar-refractivity contribution in [2.24, 2.45) is 0 Å². The fourth-order valence-electron chi connectivity index (χ4n) is 9.42. The van der Waals surface area contributed by atoms with Gasteiger partial charge in [-0.05, 0) is 124 Å². The first-order valence-electron chi connectivity index (χ1n) is 23.1. The average molecular weight is 774 g/mol. The molecule has 6 rings (SSSR count). The molecule has 1 nitrogen and oxygen atoms in total. The highest BCUT2D eigenvalue weighted by Crippen LogP contribution is 2.55. The van der Waals surface area contributed by atoms with Crippen molar-refractivity contribution in [1.82, 2.24) is 0 Å². The van der Waals surface area contributed by atoms with Crippen molar-refractivity contribution in [3.05, 3.63) is 137 Å². The number of hydrogen-bond acceptors (Lipinski definition) is 1. The molecule has 0 saturated heterocycles. The lowest BCUT2D eigenvalue weighted by Gasteiger charge is -2.33. The standard InChI is InChI=1S/C57H75N/c1-11-13-15-17-19-21-35-57(36-22-20-18-16-14-12-2)53-37-43(4)25-33-51(53)52-34-28-45(38-54(52)57)44-26-31-49(32-27-44)58(48-29-23-42(3)24-30-48)50-40-46(55(5,6)7)39-47(41-50)56(8,9)10/h23-34,37-41H,11-22,35-36H2,1-10H3. The molecular formula is C57H75N. The highest BCUT2D eigenvalue weighted by molar-refractivity contribution is 5.85. The normalized spacial score (nSPS) is 13.4. The summed E-state index contributed by atoms with van der Waals surface area (Å²) in [6.07, 6.45) is 18.6. The van der Waals surface area contributed by atoms with E-state index in [-0.39, 0.29) is 16.2 Å². The zero-order valence-electron chi connectivity index (χ0n) is 38.2. The number of unbranched alkanes of at least 4 members (excludes halogenated alkanes) is 10. The van der Waals surface area contributed by atoms with Crippen molar-refractivity contribution < 1.29 is 0 Å². The molecule has 0 bridgehead atoms. The summed E-state index contributed by atoms with van der Waals surface area (Å²) in [4.78, 5) is 2.46. The summed E-state index contributed by atoms with van der Waals surface area (Å²) >= 11 is 0. The van der Waals surface area contributed by atoms with Gasteiger partial charge in [0.15, 0.2) is 0 Å². The third-order valence-corrected chi connectivity index (χ3v) is 13.1. The van der Waals surface area contributed by atoms with Gasteiger partial charge in [0, 0.05) is 22.5 Å². The molecule has 5 aromatic rings. The van der Waals surface area contributed by atoms with E-state index < -0.39 is 0 Å². The summed E-state index contributed by atoms with van der Waals surface area (Å²) in [5.74, 6) is 0. The molecule has 0 heterocycles. The third-order valence-electron chi connectivity index (χ3n) is 13.1. The van der Waals surface area contributed by atoms with E-state index in [2.05, 4.69) is 177 Å². The molecule has 0 fully saturated rings. The van der Waals surface area contributed by atoms with Crippen molar-refractivity contribution in [2.45, 2.75) is 175 Å². The van der Waals surface area contributed by atoms with Gasteiger partial charge in [-0.15, -0.1) is 0 Å². The van der Waals surface area contributed by atoms with Crippen LogP contribution in [0.2, 0.25) is 0 Å². The maximum atomic E-state index is 2.61. The molecule has 0 radical (unpaired) electrons. The Balaban J connectivity index is 1.40. The van der Waals surface area contributed by atoms with E-state index in [1.165, 1.54) is 151 Å². The fourth-order valence-corrected chi connectivity index (χ4v) is 9.42. The molecule has 0 unspecified atom stereocenters. The van der Waals surface area contributed by atoms with Crippen LogP contribution in [0.4, 0.5) is 17.1 Å². The highest BCUT2D eigenvalue weighted by Gasteiger charge is 2.42. The monoisotopic (exact) mass is 774 g/mol. The van der Waals surface area contributed by atoms with E-state index in [0.717, 1.165) is 0 Å². The number of fused-ring (bicyclic) bond motifs is 3. The lowest BCUT2D eigenvalue weighted by atomic mass is 9.70. The first kappa shape index (κ1) is 43.5. The molecule has 0 aliphatic heterocycles. The summed E-state index contributed by atoms with van der Waals surface area (Å²) in [6.45, 7) is 23.1. The minimum absolute atomic E-state index is 0.0318. The maximum Gasteiger partial charge on any atom is 0.0467 e. The summed E-state index contributed by atoms with van der Waals surface area (Å²) in [6, 6.07) is 40.5. The van der Waals surface area contributed by atoms with E-state index in [1.54, 1.807) is 11.1 Å². The van der Waals surface area contributed by atoms with Crippen molar-refractivity contribution in [3.63, 3.8) is 0 Å². The molecule has 0 aromatic heterocycles. The van der Waals surface area contributed by atoms with Crippen molar-refractivity contribution in [3.8, 4) is 22.3 Å². The summed E-state index contributed by atoms with van der Waals surface area (Å²) in [5, 5.41) is 0. The molecule has 58 heavy (non-hydrogen) atoms. The van der Waals surface area contributed by atoms with Crippen LogP contribution >= 0.6 is 0 Å². The molecular weight excluding hydrogens is 699 g/mol. The maximum absolute atomic E-state index is 2.61. The molecule has 0 N–H and O–H groups in total. The van der Waals surface area contributed by atoms with Crippen LogP contribution in [0.3, 0.4) is 0 Å². The van der Waals surface area contributed by atoms with E-state index in [9.17, 15) is 0 Å². The SMILES string of the molecule is CCCCCCCCC1(CCCCCCCC)c2cc(C)ccc2-c2ccc(-c3ccc(N(c4ccc(C)cc4)c4cc(C(C)(C)C)cc(C(C)(C)C)c4)cc3)cc21. The second-order valence-electron chi connectivity index (χ2n) is 19.9. The number of anilines is 3. The van der Waals surface area contributed by atoms with Crippen LogP contribution in [0.1, 0.15) is 179 Å². The first-order valence-corrected chi connectivity index (χ1v) is 23.1. The van der Waals surface area contributed by atoms with Crippen LogP contribution < -0.4 is 4.90 Å². The number of rotatable bonds is 18. The Kier molecular flexibility index (Phi) is 14.1. The fraction of sp³-hybridized carbons (Fsp3) is 0.474. The predicted molar refractivity (Wildman–Crippen MR) is 256 cm³/mol. The van der Waals surface area contributed by atoms with Gasteiger partial charge in [0.2, 0.25) is 0 Å². The van der Waals surface area contributed by atoms with Gasteiger partial charge in [0.25, 0.3) is 0 Å². The number of hydrogen-bond donors (Lipinski definition) is 0. The molecule has 308 valence electrons. The zero-order valence-corrected chi connectivity index (χ0v) is 38.2. The smallest absolute Gasteiger partial charge is 0.0467 e. The zero-order chi connectivity index (χ0) is 41.5. The van der Waals surface area contributed by atoms with E-state index in [1.807, 2.05) is 0 Å². The van der Waals surface area contributed by atoms with Crippen molar-refractivity contribution in [2.75, 3.05) is 4.90 Å². The van der Waals surface area contributed by atoms with E-state index >= 15 is 0 Å². The van der Waals surface area contributed by atoms with Gasteiger partial charge in [-0.2, -0.15) is 0 Å². The molecule has 1 aliphatic rings. The minimum atomic E-state index is 0.0318. The van der Waals surface area contributed by atoms with Crippen molar-refractivity contribution in [1.29, 1.82) is 0 Å². The molecule has 0 atom stereocenters. The predicted octanol–water partition coefficient (Wildman–Crippen LogP) is 17.8. The van der Waals surface area contributed by atoms with Gasteiger partial charge < -0.3 is 4.90 Å². The van der Waals surface area contributed by atoms with Crippen LogP contribution in [0.15, 0.2) is 103 Å². The number of aryl methyl sites for hydroxylation is 2. The second-order valence-corrected chi connectivity index (χ2v) is 19.9. The van der Waals surface area contributed by atoms with Gasteiger partial charge in [-0.3, -0.25) is 0 Å². The minimum Gasteiger partial charge on any atom is -0.310 e. The van der Waals surface area contributed by atoms with Crippen LogP contribution in [0, 0.1) is 13.8 Å². The van der Waals surface area contributed by atoms with Crippen LogP contribution in [0.5, 0.6) is 0 Å². The lowest BCUT2D eigenvalue weighted by molar-refractivity contribution is 0.398. The molecule has 1 aliphatic carbocycles. The van der Waals surface area contributed by atoms with Gasteiger partial charge in [0.05, 0.1) is 0 Å². The third kappa shape index (κ3) is 10.0. The summed E-state index contributed by atoms with van der Waals surface area (Å²) < 4.78 is 0. The molecule has 0 saturated carbocycles. The Labute approximate surface area is 354 Å². The lowest BCUT2D eigenvalue weighted by Crippen LogP contribution is -2.25. The van der Waals surface area contributed by atoms with Gasteiger partial charge in [-0.25, -0.2) is 0 Å². The van der Waals surface area contributed by atoms with E-state index in [0.29, 0.717) is 0 Å². The molecule has 1 heteroatoms. The van der Waals surface area contributed by atoms with Gasteiger partial charge >= 0.3 is 0 Å². The van der Waals surface area contributed by atoms with E-state index in [4.69, 9.17) is 0 Å². The number of nitrogens with zero attached hydrogens (tertiary/aromatic N) is 1. The highest BCUT2D eigenvalue weighted by atomic mass is 15.1. The van der Waals surface area contributed by atoms with Gasteiger partial charge in [-0.1, -0.05) is 204 Å². The molecule has 5 aromatic carbocycles. The first-order chi connectivity index (χ1) is 27.7. The Bertz CT molecular complexity index is 2030. The van der Waals surface area contributed by atoms with Gasteiger partial charge in [0.1, 0.15) is 0 Å². The quantitative estimate of drug-likeness (QED) is 0.0802. The van der Waals surface area contributed by atoms with Crippen LogP contribution in [0.25, 0.3) is 22.3 Å². The summed E-state index contributed by atoms with van der Waals surface area (Å²) in [5.41, 5.74) is 17.8. The van der Waals surface area contributed by atoms with Crippen molar-refractivity contribution >= 4 is 17.1 Å².